The van der Waals surface area contributed by atoms with Gasteiger partial charge in [-0.15, -0.1) is 0 Å². The minimum atomic E-state index is -0.897. The zero-order chi connectivity index (χ0) is 20.7. The molecule has 2 aromatic carbocycles. The SMILES string of the molecule is COc1cccc(CN(OC)C(=O)C(C)(C)COc2cccc(N)c2C#N)c1. The van der Waals surface area contributed by atoms with Crippen molar-refractivity contribution in [3.05, 3.63) is 53.6 Å². The van der Waals surface area contributed by atoms with E-state index in [1.54, 1.807) is 39.2 Å². The van der Waals surface area contributed by atoms with Crippen molar-refractivity contribution in [2.45, 2.75) is 20.4 Å². The summed E-state index contributed by atoms with van der Waals surface area (Å²) in [7, 11) is 3.03. The molecule has 0 aliphatic carbocycles. The highest BCUT2D eigenvalue weighted by Gasteiger charge is 2.34. The molecule has 0 unspecified atom stereocenters. The van der Waals surface area contributed by atoms with Gasteiger partial charge in [0.2, 0.25) is 0 Å². The van der Waals surface area contributed by atoms with E-state index in [2.05, 4.69) is 0 Å². The van der Waals surface area contributed by atoms with Crippen molar-refractivity contribution >= 4 is 11.6 Å². The Balaban J connectivity index is 2.11. The minimum Gasteiger partial charge on any atom is -0.497 e. The number of rotatable bonds is 8. The summed E-state index contributed by atoms with van der Waals surface area (Å²) >= 11 is 0. The van der Waals surface area contributed by atoms with Crippen molar-refractivity contribution in [3.63, 3.8) is 0 Å². The van der Waals surface area contributed by atoms with Gasteiger partial charge in [-0.1, -0.05) is 18.2 Å². The third-order valence-electron chi connectivity index (χ3n) is 4.24. The second-order valence-corrected chi connectivity index (χ2v) is 6.88. The first-order valence-electron chi connectivity index (χ1n) is 8.72. The molecule has 0 saturated heterocycles. The molecule has 0 aromatic heterocycles. The lowest BCUT2D eigenvalue weighted by Gasteiger charge is -2.30. The van der Waals surface area contributed by atoms with E-state index in [4.69, 9.17) is 20.0 Å². The zero-order valence-electron chi connectivity index (χ0n) is 16.6. The van der Waals surface area contributed by atoms with E-state index in [1.165, 1.54) is 12.2 Å². The van der Waals surface area contributed by atoms with Gasteiger partial charge in [-0.2, -0.15) is 5.26 Å². The van der Waals surface area contributed by atoms with E-state index in [0.717, 1.165) is 5.56 Å². The Morgan fingerprint density at radius 2 is 1.93 bits per heavy atom. The van der Waals surface area contributed by atoms with Crippen molar-refractivity contribution in [1.29, 1.82) is 5.26 Å². The number of nitrogens with zero attached hydrogens (tertiary/aromatic N) is 2. The number of nitrogen functional groups attached to an aromatic ring is 1. The molecule has 7 heteroatoms. The van der Waals surface area contributed by atoms with Gasteiger partial charge in [0.25, 0.3) is 5.91 Å². The second-order valence-electron chi connectivity index (χ2n) is 6.88. The van der Waals surface area contributed by atoms with Crippen LogP contribution in [0.2, 0.25) is 0 Å². The predicted molar refractivity (Wildman–Crippen MR) is 105 cm³/mol. The number of carbonyl (C=O) groups excluding carboxylic acids is 1. The number of ether oxygens (including phenoxy) is 2. The Hall–Kier alpha value is -3.24. The largest absolute Gasteiger partial charge is 0.497 e. The summed E-state index contributed by atoms with van der Waals surface area (Å²) in [5, 5.41) is 10.5. The van der Waals surface area contributed by atoms with Crippen LogP contribution in [0, 0.1) is 16.7 Å². The standard InChI is InChI=1S/C21H25N3O4/c1-21(2,14-28-19-10-6-9-18(23)17(19)12-22)20(25)24(27-4)13-15-7-5-8-16(11-15)26-3/h5-11H,13-14,23H2,1-4H3. The molecule has 0 spiro atoms. The Bertz CT molecular complexity index is 874. The number of benzene rings is 2. The Morgan fingerprint density at radius 3 is 2.57 bits per heavy atom. The molecule has 0 aliphatic rings. The zero-order valence-corrected chi connectivity index (χ0v) is 16.6. The van der Waals surface area contributed by atoms with E-state index >= 15 is 0 Å². The fourth-order valence-corrected chi connectivity index (χ4v) is 2.60. The van der Waals surface area contributed by atoms with Crippen LogP contribution < -0.4 is 15.2 Å². The third-order valence-corrected chi connectivity index (χ3v) is 4.24. The third kappa shape index (κ3) is 4.93. The number of nitrogens with two attached hydrogens (primary N) is 1. The summed E-state index contributed by atoms with van der Waals surface area (Å²) in [4.78, 5) is 18.3. The number of carbonyl (C=O) groups is 1. The van der Waals surface area contributed by atoms with Crippen molar-refractivity contribution in [3.8, 4) is 17.6 Å². The van der Waals surface area contributed by atoms with Crippen LogP contribution in [0.4, 0.5) is 5.69 Å². The average Bonchev–Trinajstić information content (AvgIpc) is 2.70. The van der Waals surface area contributed by atoms with Crippen LogP contribution in [0.1, 0.15) is 25.0 Å². The van der Waals surface area contributed by atoms with Crippen LogP contribution in [0.5, 0.6) is 11.5 Å². The minimum absolute atomic E-state index is 0.0575. The first-order chi connectivity index (χ1) is 13.3. The van der Waals surface area contributed by atoms with Crippen LogP contribution >= 0.6 is 0 Å². The first kappa shape index (κ1) is 21.1. The van der Waals surface area contributed by atoms with Gasteiger partial charge in [0.15, 0.2) is 0 Å². The second kappa shape index (κ2) is 9.11. The molecule has 2 N–H and O–H groups in total. The highest BCUT2D eigenvalue weighted by atomic mass is 16.7. The van der Waals surface area contributed by atoms with Gasteiger partial charge in [0.05, 0.1) is 31.9 Å². The first-order valence-corrected chi connectivity index (χ1v) is 8.72. The molecule has 0 atom stereocenters. The smallest absolute Gasteiger partial charge is 0.255 e. The normalized spacial score (nSPS) is 10.8. The monoisotopic (exact) mass is 383 g/mol. The Morgan fingerprint density at radius 1 is 1.21 bits per heavy atom. The number of methoxy groups -OCH3 is 1. The molecule has 2 rings (SSSR count). The van der Waals surface area contributed by atoms with Crippen LogP contribution in [-0.4, -0.2) is 31.8 Å². The molecule has 0 saturated carbocycles. The average molecular weight is 383 g/mol. The summed E-state index contributed by atoms with van der Waals surface area (Å²) in [5.74, 6) is 0.801. The highest BCUT2D eigenvalue weighted by Crippen LogP contribution is 2.27. The number of nitriles is 1. The van der Waals surface area contributed by atoms with Crippen LogP contribution in [0.25, 0.3) is 0 Å². The molecule has 2 aromatic rings. The number of hydrogen-bond donors (Lipinski definition) is 1. The summed E-state index contributed by atoms with van der Waals surface area (Å²) in [5.41, 5.74) is 6.36. The Labute approximate surface area is 165 Å². The number of hydroxylamine groups is 2. The van der Waals surface area contributed by atoms with Crippen molar-refractivity contribution in [2.75, 3.05) is 26.6 Å². The summed E-state index contributed by atoms with van der Waals surface area (Å²) in [6.07, 6.45) is 0. The van der Waals surface area contributed by atoms with Gasteiger partial charge in [-0.25, -0.2) is 5.06 Å². The fraction of sp³-hybridized carbons (Fsp3) is 0.333. The molecule has 148 valence electrons. The molecule has 0 fully saturated rings. The van der Waals surface area contributed by atoms with Gasteiger partial charge < -0.3 is 15.2 Å². The molecule has 0 heterocycles. The molecule has 7 nitrogen and oxygen atoms in total. The predicted octanol–water partition coefficient (Wildman–Crippen LogP) is 3.14. The lowest BCUT2D eigenvalue weighted by Crippen LogP contribution is -2.43. The van der Waals surface area contributed by atoms with Gasteiger partial charge in [0.1, 0.15) is 29.7 Å². The Kier molecular flexibility index (Phi) is 6.85. The number of amides is 1. The van der Waals surface area contributed by atoms with Gasteiger partial charge in [0, 0.05) is 0 Å². The maximum absolute atomic E-state index is 13.0. The molecule has 0 aliphatic heterocycles. The quantitative estimate of drug-likeness (QED) is 0.555. The van der Waals surface area contributed by atoms with E-state index in [0.29, 0.717) is 17.2 Å². The van der Waals surface area contributed by atoms with Gasteiger partial charge in [-0.3, -0.25) is 9.63 Å². The molecular formula is C21H25N3O4. The number of anilines is 1. The molecule has 0 radical (unpaired) electrons. The summed E-state index contributed by atoms with van der Waals surface area (Å²) in [6.45, 7) is 3.83. The lowest BCUT2D eigenvalue weighted by molar-refractivity contribution is -0.190. The van der Waals surface area contributed by atoms with Crippen LogP contribution in [0.3, 0.4) is 0 Å². The van der Waals surface area contributed by atoms with Crippen LogP contribution in [0.15, 0.2) is 42.5 Å². The maximum atomic E-state index is 13.0. The lowest BCUT2D eigenvalue weighted by atomic mass is 9.93. The fourth-order valence-electron chi connectivity index (χ4n) is 2.60. The van der Waals surface area contributed by atoms with Crippen LogP contribution in [-0.2, 0) is 16.2 Å². The van der Waals surface area contributed by atoms with E-state index in [-0.39, 0.29) is 24.6 Å². The van der Waals surface area contributed by atoms with Crippen molar-refractivity contribution < 1.29 is 19.1 Å². The summed E-state index contributed by atoms with van der Waals surface area (Å²) in [6, 6.07) is 14.4. The molecular weight excluding hydrogens is 358 g/mol. The number of hydrogen-bond acceptors (Lipinski definition) is 6. The van der Waals surface area contributed by atoms with Gasteiger partial charge in [-0.05, 0) is 43.7 Å². The molecule has 1 amide bonds. The molecule has 28 heavy (non-hydrogen) atoms. The van der Waals surface area contributed by atoms with Crippen molar-refractivity contribution in [1.82, 2.24) is 5.06 Å². The topological polar surface area (TPSA) is 97.8 Å². The molecule has 0 bridgehead atoms. The van der Waals surface area contributed by atoms with E-state index in [1.807, 2.05) is 30.3 Å². The summed E-state index contributed by atoms with van der Waals surface area (Å²) < 4.78 is 11.0. The van der Waals surface area contributed by atoms with Gasteiger partial charge >= 0.3 is 0 Å². The highest BCUT2D eigenvalue weighted by molar-refractivity contribution is 5.81. The van der Waals surface area contributed by atoms with Crippen molar-refractivity contribution in [2.24, 2.45) is 5.41 Å². The maximum Gasteiger partial charge on any atom is 0.255 e. The van der Waals surface area contributed by atoms with E-state index < -0.39 is 5.41 Å². The van der Waals surface area contributed by atoms with E-state index in [9.17, 15) is 10.1 Å².